The first-order valence-corrected chi connectivity index (χ1v) is 6.19. The highest BCUT2D eigenvalue weighted by molar-refractivity contribution is 5.99. The van der Waals surface area contributed by atoms with Crippen LogP contribution in [0, 0.1) is 5.82 Å². The van der Waals surface area contributed by atoms with Crippen LogP contribution in [0.25, 0.3) is 0 Å². The molecule has 0 radical (unpaired) electrons. The van der Waals surface area contributed by atoms with Gasteiger partial charge in [0.15, 0.2) is 0 Å². The molecular weight excluding hydrogens is 257 g/mol. The maximum Gasteiger partial charge on any atom is 0.253 e. The van der Waals surface area contributed by atoms with Crippen molar-refractivity contribution in [3.63, 3.8) is 0 Å². The second kappa shape index (κ2) is 5.61. The molecule has 0 aromatic heterocycles. The predicted molar refractivity (Wildman–Crippen MR) is 77.5 cm³/mol. The molecule has 0 heterocycles. The molecule has 104 valence electrons. The number of hydrogen-bond donors (Lipinski definition) is 3. The zero-order valence-corrected chi connectivity index (χ0v) is 11.1. The molecule has 0 saturated heterocycles. The Morgan fingerprint density at radius 2 is 1.90 bits per heavy atom. The SMILES string of the molecule is CC(NC(=O)c1ccc(N)cc1N)c1ccccc1F. The molecule has 0 fully saturated rings. The van der Waals surface area contributed by atoms with Gasteiger partial charge in [0, 0.05) is 16.9 Å². The van der Waals surface area contributed by atoms with Crippen molar-refractivity contribution in [3.05, 3.63) is 59.4 Å². The van der Waals surface area contributed by atoms with Crippen LogP contribution in [0.1, 0.15) is 28.9 Å². The van der Waals surface area contributed by atoms with E-state index < -0.39 is 6.04 Å². The van der Waals surface area contributed by atoms with Crippen LogP contribution in [-0.2, 0) is 0 Å². The Labute approximate surface area is 116 Å². The fraction of sp³-hybridized carbons (Fsp3) is 0.133. The average Bonchev–Trinajstić information content (AvgIpc) is 2.38. The van der Waals surface area contributed by atoms with Crippen molar-refractivity contribution in [1.29, 1.82) is 0 Å². The van der Waals surface area contributed by atoms with E-state index in [0.29, 0.717) is 22.5 Å². The molecule has 1 amide bonds. The van der Waals surface area contributed by atoms with Gasteiger partial charge in [-0.1, -0.05) is 18.2 Å². The van der Waals surface area contributed by atoms with Crippen molar-refractivity contribution < 1.29 is 9.18 Å². The number of rotatable bonds is 3. The lowest BCUT2D eigenvalue weighted by Crippen LogP contribution is -2.28. The first kappa shape index (κ1) is 13.9. The Morgan fingerprint density at radius 1 is 1.20 bits per heavy atom. The molecule has 0 bridgehead atoms. The third-order valence-electron chi connectivity index (χ3n) is 3.04. The van der Waals surface area contributed by atoms with Crippen LogP contribution >= 0.6 is 0 Å². The highest BCUT2D eigenvalue weighted by atomic mass is 19.1. The Kier molecular flexibility index (Phi) is 3.89. The van der Waals surface area contributed by atoms with Gasteiger partial charge in [0.1, 0.15) is 5.82 Å². The van der Waals surface area contributed by atoms with Gasteiger partial charge in [0.25, 0.3) is 5.91 Å². The van der Waals surface area contributed by atoms with E-state index in [1.165, 1.54) is 12.1 Å². The van der Waals surface area contributed by atoms with Crippen LogP contribution in [-0.4, -0.2) is 5.91 Å². The van der Waals surface area contributed by atoms with Crippen LogP contribution < -0.4 is 16.8 Å². The Morgan fingerprint density at radius 3 is 2.55 bits per heavy atom. The van der Waals surface area contributed by atoms with Crippen molar-refractivity contribution in [2.45, 2.75) is 13.0 Å². The molecule has 2 aromatic carbocycles. The van der Waals surface area contributed by atoms with Crippen LogP contribution in [0.5, 0.6) is 0 Å². The third kappa shape index (κ3) is 2.88. The fourth-order valence-electron chi connectivity index (χ4n) is 1.97. The van der Waals surface area contributed by atoms with E-state index in [1.807, 2.05) is 0 Å². The monoisotopic (exact) mass is 273 g/mol. The molecular formula is C15H16FN3O. The summed E-state index contributed by atoms with van der Waals surface area (Å²) in [6.45, 7) is 1.71. The lowest BCUT2D eigenvalue weighted by Gasteiger charge is -2.16. The number of benzene rings is 2. The summed E-state index contributed by atoms with van der Waals surface area (Å²) in [6.07, 6.45) is 0. The molecule has 0 aliphatic rings. The van der Waals surface area contributed by atoms with E-state index in [1.54, 1.807) is 37.3 Å². The first-order valence-electron chi connectivity index (χ1n) is 6.19. The van der Waals surface area contributed by atoms with Crippen molar-refractivity contribution in [3.8, 4) is 0 Å². The number of nitrogen functional groups attached to an aromatic ring is 2. The number of carbonyl (C=O) groups is 1. The van der Waals surface area contributed by atoms with Gasteiger partial charge in [-0.15, -0.1) is 0 Å². The van der Waals surface area contributed by atoms with E-state index in [4.69, 9.17) is 11.5 Å². The molecule has 2 rings (SSSR count). The topological polar surface area (TPSA) is 81.1 Å². The predicted octanol–water partition coefficient (Wildman–Crippen LogP) is 2.48. The minimum Gasteiger partial charge on any atom is -0.399 e. The van der Waals surface area contributed by atoms with Crippen LogP contribution in [0.15, 0.2) is 42.5 Å². The van der Waals surface area contributed by atoms with Crippen molar-refractivity contribution in [1.82, 2.24) is 5.32 Å². The number of anilines is 2. The molecule has 0 spiro atoms. The lowest BCUT2D eigenvalue weighted by atomic mass is 10.1. The maximum absolute atomic E-state index is 13.6. The summed E-state index contributed by atoms with van der Waals surface area (Å²) in [5, 5.41) is 2.71. The normalized spacial score (nSPS) is 11.9. The number of hydrogen-bond acceptors (Lipinski definition) is 3. The summed E-state index contributed by atoms with van der Waals surface area (Å²) in [5.74, 6) is -0.719. The van der Waals surface area contributed by atoms with Gasteiger partial charge in [-0.2, -0.15) is 0 Å². The minimum atomic E-state index is -0.458. The zero-order chi connectivity index (χ0) is 14.7. The summed E-state index contributed by atoms with van der Waals surface area (Å²) >= 11 is 0. The van der Waals surface area contributed by atoms with Crippen molar-refractivity contribution >= 4 is 17.3 Å². The van der Waals surface area contributed by atoms with Gasteiger partial charge in [-0.3, -0.25) is 4.79 Å². The van der Waals surface area contributed by atoms with Crippen molar-refractivity contribution in [2.24, 2.45) is 0 Å². The second-order valence-electron chi connectivity index (χ2n) is 4.56. The Balaban J connectivity index is 2.17. The summed E-state index contributed by atoms with van der Waals surface area (Å²) < 4.78 is 13.6. The standard InChI is InChI=1S/C15H16FN3O/c1-9(11-4-2-3-5-13(11)16)19-15(20)12-7-6-10(17)8-14(12)18/h2-9H,17-18H2,1H3,(H,19,20). The number of nitrogens with one attached hydrogen (secondary N) is 1. The Hall–Kier alpha value is -2.56. The van der Waals surface area contributed by atoms with E-state index in [-0.39, 0.29) is 11.7 Å². The molecule has 5 heteroatoms. The van der Waals surface area contributed by atoms with Gasteiger partial charge in [0.05, 0.1) is 11.6 Å². The van der Waals surface area contributed by atoms with Crippen molar-refractivity contribution in [2.75, 3.05) is 11.5 Å². The second-order valence-corrected chi connectivity index (χ2v) is 4.56. The van der Waals surface area contributed by atoms with Crippen LogP contribution in [0.4, 0.5) is 15.8 Å². The van der Waals surface area contributed by atoms with Gasteiger partial charge < -0.3 is 16.8 Å². The Bertz CT molecular complexity index is 643. The fourth-order valence-corrected chi connectivity index (χ4v) is 1.97. The molecule has 0 aliphatic heterocycles. The number of carbonyl (C=O) groups excluding carboxylic acids is 1. The number of halogens is 1. The number of amides is 1. The summed E-state index contributed by atoms with van der Waals surface area (Å²) in [7, 11) is 0. The van der Waals surface area contributed by atoms with E-state index in [2.05, 4.69) is 5.32 Å². The molecule has 1 atom stereocenters. The molecule has 5 N–H and O–H groups in total. The quantitative estimate of drug-likeness (QED) is 0.751. The summed E-state index contributed by atoms with van der Waals surface area (Å²) in [4.78, 5) is 12.1. The minimum absolute atomic E-state index is 0.295. The van der Waals surface area contributed by atoms with E-state index >= 15 is 0 Å². The maximum atomic E-state index is 13.6. The van der Waals surface area contributed by atoms with E-state index in [9.17, 15) is 9.18 Å². The van der Waals surface area contributed by atoms with Gasteiger partial charge in [-0.25, -0.2) is 4.39 Å². The van der Waals surface area contributed by atoms with E-state index in [0.717, 1.165) is 0 Å². The smallest absolute Gasteiger partial charge is 0.253 e. The molecule has 4 nitrogen and oxygen atoms in total. The van der Waals surface area contributed by atoms with Gasteiger partial charge in [-0.05, 0) is 31.2 Å². The third-order valence-corrected chi connectivity index (χ3v) is 3.04. The molecule has 1 unspecified atom stereocenters. The van der Waals surface area contributed by atoms with Crippen LogP contribution in [0.2, 0.25) is 0 Å². The van der Waals surface area contributed by atoms with Crippen LogP contribution in [0.3, 0.4) is 0 Å². The largest absolute Gasteiger partial charge is 0.399 e. The highest BCUT2D eigenvalue weighted by Gasteiger charge is 2.16. The number of nitrogens with two attached hydrogens (primary N) is 2. The molecule has 2 aromatic rings. The molecule has 0 saturated carbocycles. The average molecular weight is 273 g/mol. The first-order chi connectivity index (χ1) is 9.49. The molecule has 0 aliphatic carbocycles. The van der Waals surface area contributed by atoms with Gasteiger partial charge in [0.2, 0.25) is 0 Å². The highest BCUT2D eigenvalue weighted by Crippen LogP contribution is 2.19. The molecule has 20 heavy (non-hydrogen) atoms. The summed E-state index contributed by atoms with van der Waals surface area (Å²) in [5.41, 5.74) is 12.9. The lowest BCUT2D eigenvalue weighted by molar-refractivity contribution is 0.0940. The zero-order valence-electron chi connectivity index (χ0n) is 11.1. The van der Waals surface area contributed by atoms with Gasteiger partial charge >= 0.3 is 0 Å². The summed E-state index contributed by atoms with van der Waals surface area (Å²) in [6, 6.07) is 10.5.